The molecule has 5 nitrogen and oxygen atoms in total. The highest BCUT2D eigenvalue weighted by Gasteiger charge is 2.25. The fourth-order valence-corrected chi connectivity index (χ4v) is 2.15. The third kappa shape index (κ3) is 2.17. The largest absolute Gasteiger partial charge is 0.479 e. The standard InChI is InChI=1S/C13H17NO4/c1-5-9-8(3)12(18-6-2)14(4)11(9)10(7-15)13(16)17/h5-6H2,1-4H3,(H,16,17). The van der Waals surface area contributed by atoms with Crippen LogP contribution >= 0.6 is 0 Å². The molecule has 1 heterocycles. The predicted molar refractivity (Wildman–Crippen MR) is 67.4 cm³/mol. The van der Waals surface area contributed by atoms with Gasteiger partial charge in [-0.2, -0.15) is 0 Å². The van der Waals surface area contributed by atoms with Crippen molar-refractivity contribution >= 4 is 17.5 Å². The van der Waals surface area contributed by atoms with Gasteiger partial charge in [0.05, 0.1) is 12.3 Å². The van der Waals surface area contributed by atoms with Crippen LogP contribution < -0.4 is 4.74 Å². The van der Waals surface area contributed by atoms with Crippen LogP contribution in [0.25, 0.3) is 5.57 Å². The SMILES string of the molecule is CCOc1c(C)c(CC)c(C(=C=O)C(=O)O)n1C. The van der Waals surface area contributed by atoms with E-state index in [0.717, 1.165) is 11.1 Å². The van der Waals surface area contributed by atoms with E-state index >= 15 is 0 Å². The molecule has 0 amide bonds. The molecule has 18 heavy (non-hydrogen) atoms. The molecule has 0 atom stereocenters. The van der Waals surface area contributed by atoms with E-state index in [1.165, 1.54) is 5.94 Å². The normalized spacial score (nSPS) is 10.0. The van der Waals surface area contributed by atoms with E-state index in [1.807, 2.05) is 20.8 Å². The zero-order valence-corrected chi connectivity index (χ0v) is 11.0. The molecular weight excluding hydrogens is 234 g/mol. The van der Waals surface area contributed by atoms with Crippen LogP contribution in [0.5, 0.6) is 5.88 Å². The Morgan fingerprint density at radius 3 is 2.44 bits per heavy atom. The van der Waals surface area contributed by atoms with Crippen molar-refractivity contribution in [1.82, 2.24) is 4.57 Å². The fourth-order valence-electron chi connectivity index (χ4n) is 2.15. The summed E-state index contributed by atoms with van der Waals surface area (Å²) in [7, 11) is 1.69. The highest BCUT2D eigenvalue weighted by Crippen LogP contribution is 2.32. The van der Waals surface area contributed by atoms with Crippen molar-refractivity contribution in [3.05, 3.63) is 16.8 Å². The van der Waals surface area contributed by atoms with Gasteiger partial charge in [0.15, 0.2) is 11.5 Å². The number of carbonyl (C=O) groups is 1. The van der Waals surface area contributed by atoms with E-state index in [-0.39, 0.29) is 5.57 Å². The smallest absolute Gasteiger partial charge is 0.349 e. The molecule has 0 radical (unpaired) electrons. The third-order valence-corrected chi connectivity index (χ3v) is 2.89. The molecule has 0 spiro atoms. The Kier molecular flexibility index (Phi) is 4.34. The Hall–Kier alpha value is -2.00. The number of hydrogen-bond donors (Lipinski definition) is 1. The average molecular weight is 251 g/mol. The number of nitrogens with zero attached hydrogens (tertiary/aromatic N) is 1. The second kappa shape index (κ2) is 5.56. The maximum absolute atomic E-state index is 11.1. The summed E-state index contributed by atoms with van der Waals surface area (Å²) < 4.78 is 7.10. The van der Waals surface area contributed by atoms with Gasteiger partial charge >= 0.3 is 5.97 Å². The van der Waals surface area contributed by atoms with Gasteiger partial charge in [0, 0.05) is 12.6 Å². The monoisotopic (exact) mass is 251 g/mol. The van der Waals surface area contributed by atoms with Crippen molar-refractivity contribution in [3.63, 3.8) is 0 Å². The van der Waals surface area contributed by atoms with Crippen LogP contribution in [0.3, 0.4) is 0 Å². The van der Waals surface area contributed by atoms with E-state index in [0.29, 0.717) is 24.6 Å². The molecule has 0 aromatic carbocycles. The maximum Gasteiger partial charge on any atom is 0.349 e. The molecular formula is C13H17NO4. The van der Waals surface area contributed by atoms with Crippen LogP contribution in [0.15, 0.2) is 0 Å². The number of aliphatic carboxylic acids is 1. The van der Waals surface area contributed by atoms with Crippen molar-refractivity contribution in [1.29, 1.82) is 0 Å². The van der Waals surface area contributed by atoms with Gasteiger partial charge in [0.25, 0.3) is 0 Å². The minimum atomic E-state index is -1.27. The minimum Gasteiger partial charge on any atom is -0.479 e. The number of aromatic nitrogens is 1. The lowest BCUT2D eigenvalue weighted by Crippen LogP contribution is -2.08. The van der Waals surface area contributed by atoms with Gasteiger partial charge in [0.2, 0.25) is 0 Å². The average Bonchev–Trinajstić information content (AvgIpc) is 2.55. The summed E-state index contributed by atoms with van der Waals surface area (Å²) in [6.07, 6.45) is 0.626. The topological polar surface area (TPSA) is 68.5 Å². The molecule has 1 rings (SSSR count). The first-order chi connectivity index (χ1) is 8.49. The Balaban J connectivity index is 3.57. The number of carbonyl (C=O) groups excluding carboxylic acids is 1. The Labute approximate surface area is 106 Å². The summed E-state index contributed by atoms with van der Waals surface area (Å²) in [5.41, 5.74) is 1.69. The first kappa shape index (κ1) is 14.1. The molecule has 0 aliphatic carbocycles. The summed E-state index contributed by atoms with van der Waals surface area (Å²) >= 11 is 0. The van der Waals surface area contributed by atoms with Crippen LogP contribution in [-0.4, -0.2) is 28.2 Å². The molecule has 0 bridgehead atoms. The van der Waals surface area contributed by atoms with Crippen molar-refractivity contribution in [2.24, 2.45) is 7.05 Å². The molecule has 0 saturated carbocycles. The van der Waals surface area contributed by atoms with Gasteiger partial charge in [-0.25, -0.2) is 9.59 Å². The van der Waals surface area contributed by atoms with E-state index in [2.05, 4.69) is 0 Å². The lowest BCUT2D eigenvalue weighted by Gasteiger charge is -2.07. The molecule has 0 fully saturated rings. The van der Waals surface area contributed by atoms with Crippen LogP contribution in [0.2, 0.25) is 0 Å². The zero-order chi connectivity index (χ0) is 13.9. The highest BCUT2D eigenvalue weighted by atomic mass is 16.5. The van der Waals surface area contributed by atoms with Gasteiger partial charge in [-0.1, -0.05) is 6.92 Å². The zero-order valence-electron chi connectivity index (χ0n) is 11.0. The number of ether oxygens (including phenoxy) is 1. The van der Waals surface area contributed by atoms with Gasteiger partial charge in [-0.05, 0) is 25.8 Å². The summed E-state index contributed by atoms with van der Waals surface area (Å²) in [5.74, 6) is 0.828. The highest BCUT2D eigenvalue weighted by molar-refractivity contribution is 6.24. The lowest BCUT2D eigenvalue weighted by molar-refractivity contribution is -0.130. The molecule has 1 aromatic rings. The van der Waals surface area contributed by atoms with Crippen LogP contribution in [0.4, 0.5) is 0 Å². The summed E-state index contributed by atoms with van der Waals surface area (Å²) in [6, 6.07) is 0. The fraction of sp³-hybridized carbons (Fsp3) is 0.462. The van der Waals surface area contributed by atoms with Crippen molar-refractivity contribution in [3.8, 4) is 5.88 Å². The Morgan fingerprint density at radius 1 is 1.44 bits per heavy atom. The Bertz CT molecular complexity index is 522. The summed E-state index contributed by atoms with van der Waals surface area (Å²) in [5, 5.41) is 9.05. The molecule has 1 N–H and O–H groups in total. The number of carboxylic acids is 1. The maximum atomic E-state index is 11.1. The number of hydrogen-bond acceptors (Lipinski definition) is 3. The van der Waals surface area contributed by atoms with E-state index in [4.69, 9.17) is 9.84 Å². The van der Waals surface area contributed by atoms with E-state index < -0.39 is 5.97 Å². The first-order valence-electron chi connectivity index (χ1n) is 5.79. The summed E-state index contributed by atoms with van der Waals surface area (Å²) in [6.45, 7) is 6.10. The molecule has 0 saturated heterocycles. The lowest BCUT2D eigenvalue weighted by atomic mass is 10.0. The number of carboxylic acid groups (broad SMARTS) is 1. The molecule has 98 valence electrons. The predicted octanol–water partition coefficient (Wildman–Crippen LogP) is 1.59. The second-order valence-corrected chi connectivity index (χ2v) is 3.89. The number of rotatable bonds is 5. The van der Waals surface area contributed by atoms with E-state index in [1.54, 1.807) is 11.6 Å². The van der Waals surface area contributed by atoms with E-state index in [9.17, 15) is 9.59 Å². The van der Waals surface area contributed by atoms with Gasteiger partial charge in [0.1, 0.15) is 5.94 Å². The van der Waals surface area contributed by atoms with Crippen molar-refractivity contribution < 1.29 is 19.4 Å². The van der Waals surface area contributed by atoms with Gasteiger partial charge in [-0.3, -0.25) is 0 Å². The molecule has 5 heteroatoms. The third-order valence-electron chi connectivity index (χ3n) is 2.89. The first-order valence-corrected chi connectivity index (χ1v) is 5.79. The Morgan fingerprint density at radius 2 is 2.06 bits per heavy atom. The molecule has 0 aliphatic rings. The minimum absolute atomic E-state index is 0.358. The molecule has 1 aromatic heterocycles. The summed E-state index contributed by atoms with van der Waals surface area (Å²) in [4.78, 5) is 21.9. The van der Waals surface area contributed by atoms with Gasteiger partial charge < -0.3 is 14.4 Å². The van der Waals surface area contributed by atoms with Crippen LogP contribution in [0, 0.1) is 6.92 Å². The van der Waals surface area contributed by atoms with Crippen LogP contribution in [-0.2, 0) is 23.1 Å². The molecule has 0 unspecified atom stereocenters. The molecule has 0 aliphatic heterocycles. The van der Waals surface area contributed by atoms with Crippen molar-refractivity contribution in [2.45, 2.75) is 27.2 Å². The second-order valence-electron chi connectivity index (χ2n) is 3.89. The van der Waals surface area contributed by atoms with Crippen LogP contribution in [0.1, 0.15) is 30.7 Å². The van der Waals surface area contributed by atoms with Crippen molar-refractivity contribution in [2.75, 3.05) is 6.61 Å². The quantitative estimate of drug-likeness (QED) is 0.637. The van der Waals surface area contributed by atoms with Gasteiger partial charge in [-0.15, -0.1) is 0 Å².